The van der Waals surface area contributed by atoms with Crippen LogP contribution >= 0.6 is 24.0 Å². The van der Waals surface area contributed by atoms with Crippen LogP contribution < -0.4 is 10.2 Å². The molecule has 31 heavy (non-hydrogen) atoms. The molecule has 0 spiro atoms. The van der Waals surface area contributed by atoms with Gasteiger partial charge in [0, 0.05) is 12.1 Å². The second kappa shape index (κ2) is 9.65. The number of benzene rings is 2. The predicted molar refractivity (Wildman–Crippen MR) is 121 cm³/mol. The highest BCUT2D eigenvalue weighted by Crippen LogP contribution is 2.38. The molecule has 0 aliphatic carbocycles. The van der Waals surface area contributed by atoms with Crippen LogP contribution in [0, 0.1) is 0 Å². The molecule has 0 radical (unpaired) electrons. The number of hydrogen-bond donors (Lipinski definition) is 1. The monoisotopic (exact) mass is 464 g/mol. The number of thiocarbonyl (C=S) groups is 1. The first-order chi connectivity index (χ1) is 14.7. The van der Waals surface area contributed by atoms with E-state index in [1.54, 1.807) is 30.3 Å². The van der Waals surface area contributed by atoms with Crippen LogP contribution in [0.3, 0.4) is 0 Å². The molecule has 1 saturated heterocycles. The molecule has 0 atom stereocenters. The molecule has 0 saturated carbocycles. The van der Waals surface area contributed by atoms with E-state index >= 15 is 0 Å². The minimum Gasteiger partial charge on any atom is -0.352 e. The van der Waals surface area contributed by atoms with Crippen molar-refractivity contribution in [1.29, 1.82) is 0 Å². The highest BCUT2D eigenvalue weighted by atomic mass is 32.2. The molecule has 1 fully saturated rings. The third-order valence-corrected chi connectivity index (χ3v) is 5.81. The number of halogens is 3. The minimum absolute atomic E-state index is 0.0693. The maximum atomic E-state index is 13.0. The number of amides is 2. The Hall–Kier alpha value is -2.65. The van der Waals surface area contributed by atoms with Crippen molar-refractivity contribution in [3.05, 3.63) is 70.1 Å². The normalized spacial score (nSPS) is 15.6. The van der Waals surface area contributed by atoms with Crippen LogP contribution in [0.1, 0.15) is 41.3 Å². The lowest BCUT2D eigenvalue weighted by molar-refractivity contribution is -0.137. The number of nitrogens with zero attached hydrogens (tertiary/aromatic N) is 1. The molecular weight excluding hydrogens is 445 g/mol. The van der Waals surface area contributed by atoms with E-state index < -0.39 is 17.6 Å². The third-order valence-electron chi connectivity index (χ3n) is 4.51. The van der Waals surface area contributed by atoms with Crippen LogP contribution in [0.15, 0.2) is 53.4 Å². The van der Waals surface area contributed by atoms with Gasteiger partial charge in [-0.15, -0.1) is 0 Å². The van der Waals surface area contributed by atoms with Gasteiger partial charge in [0.15, 0.2) is 4.32 Å². The smallest absolute Gasteiger partial charge is 0.352 e. The molecule has 1 aliphatic heterocycles. The van der Waals surface area contributed by atoms with Gasteiger partial charge in [-0.25, -0.2) is 0 Å². The second-order valence-corrected chi connectivity index (χ2v) is 8.47. The quantitative estimate of drug-likeness (QED) is 0.341. The lowest BCUT2D eigenvalue weighted by Gasteiger charge is -2.16. The first-order valence-corrected chi connectivity index (χ1v) is 10.8. The molecular formula is C22H19F3N2O2S2. The molecule has 4 nitrogen and oxygen atoms in total. The Morgan fingerprint density at radius 1 is 1.19 bits per heavy atom. The van der Waals surface area contributed by atoms with Crippen molar-refractivity contribution in [1.82, 2.24) is 5.32 Å². The molecule has 2 amide bonds. The van der Waals surface area contributed by atoms with Crippen LogP contribution in [-0.2, 0) is 11.0 Å². The molecule has 2 aromatic rings. The summed E-state index contributed by atoms with van der Waals surface area (Å²) in [6, 6.07) is 11.2. The van der Waals surface area contributed by atoms with E-state index in [0.717, 1.165) is 41.6 Å². The second-order valence-electron chi connectivity index (χ2n) is 6.80. The molecule has 1 N–H and O–H groups in total. The molecule has 9 heteroatoms. The average Bonchev–Trinajstić information content (AvgIpc) is 3.01. The van der Waals surface area contributed by atoms with Crippen LogP contribution in [-0.4, -0.2) is 22.7 Å². The molecule has 3 rings (SSSR count). The van der Waals surface area contributed by atoms with Gasteiger partial charge in [-0.05, 0) is 48.4 Å². The van der Waals surface area contributed by atoms with E-state index in [-0.39, 0.29) is 15.9 Å². The molecule has 1 aliphatic rings. The number of thioether (sulfide) groups is 1. The lowest BCUT2D eigenvalue weighted by Crippen LogP contribution is -2.27. The Morgan fingerprint density at radius 3 is 2.55 bits per heavy atom. The van der Waals surface area contributed by atoms with Crippen LogP contribution in [0.2, 0.25) is 0 Å². The fraction of sp³-hybridized carbons (Fsp3) is 0.227. The summed E-state index contributed by atoms with van der Waals surface area (Å²) in [5, 5.41) is 2.83. The Balaban J connectivity index is 1.77. The van der Waals surface area contributed by atoms with Gasteiger partial charge in [0.25, 0.3) is 11.8 Å². The number of carbonyl (C=O) groups is 2. The van der Waals surface area contributed by atoms with Crippen molar-refractivity contribution >= 4 is 51.9 Å². The topological polar surface area (TPSA) is 49.4 Å². The summed E-state index contributed by atoms with van der Waals surface area (Å²) in [6.07, 6.45) is -1.03. The Kier molecular flexibility index (Phi) is 7.17. The zero-order chi connectivity index (χ0) is 22.6. The van der Waals surface area contributed by atoms with Gasteiger partial charge in [0.1, 0.15) is 0 Å². The van der Waals surface area contributed by atoms with E-state index in [2.05, 4.69) is 5.32 Å². The summed E-state index contributed by atoms with van der Waals surface area (Å²) >= 11 is 6.25. The Labute approximate surface area is 187 Å². The minimum atomic E-state index is -4.52. The van der Waals surface area contributed by atoms with Gasteiger partial charge in [0.2, 0.25) is 0 Å². The Bertz CT molecular complexity index is 1030. The van der Waals surface area contributed by atoms with Crippen molar-refractivity contribution in [2.75, 3.05) is 11.4 Å². The van der Waals surface area contributed by atoms with E-state index in [1.165, 1.54) is 12.1 Å². The van der Waals surface area contributed by atoms with Crippen molar-refractivity contribution < 1.29 is 22.8 Å². The molecule has 0 unspecified atom stereocenters. The standard InChI is InChI=1S/C22H19F3N2O2S2/c1-2-3-11-26-19(28)15-9-7-14(8-10-15)12-18-20(29)27(21(30)31-18)17-6-4-5-16(13-17)22(23,24)25/h4-10,12-13H,2-3,11H2,1H3,(H,26,28)/b18-12+. The van der Waals surface area contributed by atoms with E-state index in [0.29, 0.717) is 22.6 Å². The van der Waals surface area contributed by atoms with E-state index in [4.69, 9.17) is 12.2 Å². The van der Waals surface area contributed by atoms with Crippen molar-refractivity contribution in [3.8, 4) is 0 Å². The number of hydrogen-bond acceptors (Lipinski definition) is 4. The summed E-state index contributed by atoms with van der Waals surface area (Å²) in [5.74, 6) is -0.661. The molecule has 0 bridgehead atoms. The highest BCUT2D eigenvalue weighted by Gasteiger charge is 2.36. The van der Waals surface area contributed by atoms with Crippen LogP contribution in [0.25, 0.3) is 6.08 Å². The summed E-state index contributed by atoms with van der Waals surface area (Å²) in [6.45, 7) is 2.64. The number of anilines is 1. The van der Waals surface area contributed by atoms with Gasteiger partial charge >= 0.3 is 6.18 Å². The summed E-state index contributed by atoms with van der Waals surface area (Å²) in [7, 11) is 0. The zero-order valence-corrected chi connectivity index (χ0v) is 18.2. The predicted octanol–water partition coefficient (Wildman–Crippen LogP) is 5.64. The summed E-state index contributed by atoms with van der Waals surface area (Å²) < 4.78 is 39.2. The van der Waals surface area contributed by atoms with Crippen molar-refractivity contribution in [2.24, 2.45) is 0 Å². The van der Waals surface area contributed by atoms with Gasteiger partial charge < -0.3 is 5.32 Å². The average molecular weight is 465 g/mol. The molecule has 2 aromatic carbocycles. The maximum Gasteiger partial charge on any atom is 0.416 e. The number of carbonyl (C=O) groups excluding carboxylic acids is 2. The fourth-order valence-corrected chi connectivity index (χ4v) is 4.17. The van der Waals surface area contributed by atoms with E-state index in [9.17, 15) is 22.8 Å². The van der Waals surface area contributed by atoms with Gasteiger partial charge in [-0.3, -0.25) is 14.5 Å². The third kappa shape index (κ3) is 5.54. The van der Waals surface area contributed by atoms with Gasteiger partial charge in [0.05, 0.1) is 16.2 Å². The molecule has 162 valence electrons. The number of rotatable bonds is 6. The van der Waals surface area contributed by atoms with Crippen molar-refractivity contribution in [3.63, 3.8) is 0 Å². The largest absolute Gasteiger partial charge is 0.416 e. The van der Waals surface area contributed by atoms with E-state index in [1.807, 2.05) is 6.92 Å². The lowest BCUT2D eigenvalue weighted by atomic mass is 10.1. The van der Waals surface area contributed by atoms with Crippen LogP contribution in [0.4, 0.5) is 18.9 Å². The van der Waals surface area contributed by atoms with Gasteiger partial charge in [-0.2, -0.15) is 13.2 Å². The SMILES string of the molecule is CCCCNC(=O)c1ccc(/C=C2/SC(=S)N(c3cccc(C(F)(F)F)c3)C2=O)cc1. The summed E-state index contributed by atoms with van der Waals surface area (Å²) in [5.41, 5.74) is 0.398. The van der Waals surface area contributed by atoms with Crippen molar-refractivity contribution in [2.45, 2.75) is 25.9 Å². The highest BCUT2D eigenvalue weighted by molar-refractivity contribution is 8.27. The summed E-state index contributed by atoms with van der Waals surface area (Å²) in [4.78, 5) is 26.3. The maximum absolute atomic E-state index is 13.0. The molecule has 0 aromatic heterocycles. The zero-order valence-electron chi connectivity index (χ0n) is 16.5. The van der Waals surface area contributed by atoms with Gasteiger partial charge in [-0.1, -0.05) is 55.5 Å². The fourth-order valence-electron chi connectivity index (χ4n) is 2.87. The number of unbranched alkanes of at least 4 members (excludes halogenated alkanes) is 1. The molecule has 1 heterocycles. The number of alkyl halides is 3. The first-order valence-electron chi connectivity index (χ1n) is 9.54. The van der Waals surface area contributed by atoms with Crippen LogP contribution in [0.5, 0.6) is 0 Å². The first kappa shape index (κ1) is 23.0. The number of nitrogens with one attached hydrogen (secondary N) is 1. The Morgan fingerprint density at radius 2 is 1.90 bits per heavy atom.